The highest BCUT2D eigenvalue weighted by Gasteiger charge is 2.29. The number of hydrogen-bond acceptors (Lipinski definition) is 4. The molecule has 6 heteroatoms. The fourth-order valence-electron chi connectivity index (χ4n) is 3.58. The molecule has 2 aliphatic rings. The Hall–Kier alpha value is -1.14. The van der Waals surface area contributed by atoms with Crippen LogP contribution in [0.25, 0.3) is 0 Å². The molecule has 5 nitrogen and oxygen atoms in total. The minimum Gasteiger partial charge on any atom is -0.374 e. The molecule has 21 heavy (non-hydrogen) atoms. The van der Waals surface area contributed by atoms with Crippen LogP contribution in [0.3, 0.4) is 0 Å². The van der Waals surface area contributed by atoms with Gasteiger partial charge in [0.25, 0.3) is 0 Å². The molecule has 1 unspecified atom stereocenters. The second-order valence-electron chi connectivity index (χ2n) is 6.08. The van der Waals surface area contributed by atoms with Gasteiger partial charge in [0.15, 0.2) is 5.11 Å². The molecule has 1 fully saturated rings. The number of anilines is 1. The van der Waals surface area contributed by atoms with Gasteiger partial charge in [0, 0.05) is 24.6 Å². The van der Waals surface area contributed by atoms with Crippen molar-refractivity contribution in [3.63, 3.8) is 0 Å². The van der Waals surface area contributed by atoms with E-state index in [4.69, 9.17) is 23.1 Å². The van der Waals surface area contributed by atoms with E-state index in [1.807, 2.05) is 0 Å². The number of likely N-dealkylation sites (N-methyl/N-ethyl adjacent to an activating group) is 1. The first-order valence-corrected chi connectivity index (χ1v) is 8.49. The lowest BCUT2D eigenvalue weighted by Gasteiger charge is -2.31. The standard InChI is InChI=1S/C15H25N5S/c1-2-19-9-5-6-11(10-19)13-12-7-3-4-8-17-14(12)20(18-13)15(16)21/h11,17H,2-10H2,1H3,(H2,16,21). The third-order valence-electron chi connectivity index (χ3n) is 4.71. The molecule has 0 bridgehead atoms. The summed E-state index contributed by atoms with van der Waals surface area (Å²) in [6.45, 7) is 6.65. The van der Waals surface area contributed by atoms with Crippen LogP contribution in [0.5, 0.6) is 0 Å². The third kappa shape index (κ3) is 2.92. The van der Waals surface area contributed by atoms with Gasteiger partial charge in [-0.2, -0.15) is 9.78 Å². The summed E-state index contributed by atoms with van der Waals surface area (Å²) in [4.78, 5) is 2.52. The molecule has 2 aliphatic heterocycles. The van der Waals surface area contributed by atoms with Crippen LogP contribution in [0.1, 0.15) is 49.8 Å². The van der Waals surface area contributed by atoms with E-state index in [-0.39, 0.29) is 0 Å². The summed E-state index contributed by atoms with van der Waals surface area (Å²) >= 11 is 5.18. The number of nitrogens with zero attached hydrogens (tertiary/aromatic N) is 3. The average Bonchev–Trinajstić information content (AvgIpc) is 2.69. The molecule has 0 aliphatic carbocycles. The molecule has 116 valence electrons. The van der Waals surface area contributed by atoms with Gasteiger partial charge in [-0.3, -0.25) is 0 Å². The smallest absolute Gasteiger partial charge is 0.193 e. The van der Waals surface area contributed by atoms with Crippen LogP contribution in [0, 0.1) is 0 Å². The van der Waals surface area contributed by atoms with Crippen molar-refractivity contribution in [2.45, 2.75) is 44.9 Å². The second-order valence-corrected chi connectivity index (χ2v) is 6.50. The number of rotatable bonds is 2. The van der Waals surface area contributed by atoms with E-state index in [0.29, 0.717) is 11.0 Å². The van der Waals surface area contributed by atoms with E-state index in [1.165, 1.54) is 43.5 Å². The lowest BCUT2D eigenvalue weighted by atomic mass is 9.91. The summed E-state index contributed by atoms with van der Waals surface area (Å²) in [5, 5.41) is 8.61. The number of fused-ring (bicyclic) bond motifs is 1. The van der Waals surface area contributed by atoms with Gasteiger partial charge in [-0.1, -0.05) is 6.92 Å². The van der Waals surface area contributed by atoms with Crippen molar-refractivity contribution < 1.29 is 0 Å². The summed E-state index contributed by atoms with van der Waals surface area (Å²) in [6.07, 6.45) is 5.96. The zero-order valence-corrected chi connectivity index (χ0v) is 13.6. The number of nitrogens with one attached hydrogen (secondary N) is 1. The monoisotopic (exact) mass is 307 g/mol. The normalized spacial score (nSPS) is 23.2. The minimum absolute atomic E-state index is 0.343. The minimum atomic E-state index is 0.343. The van der Waals surface area contributed by atoms with Crippen molar-refractivity contribution in [2.75, 3.05) is 31.5 Å². The first kappa shape index (κ1) is 14.8. The van der Waals surface area contributed by atoms with E-state index in [1.54, 1.807) is 4.68 Å². The number of hydrogen-bond donors (Lipinski definition) is 2. The Labute approximate surface area is 131 Å². The zero-order valence-electron chi connectivity index (χ0n) is 12.8. The van der Waals surface area contributed by atoms with E-state index in [2.05, 4.69) is 17.1 Å². The van der Waals surface area contributed by atoms with Gasteiger partial charge in [0.2, 0.25) is 0 Å². The zero-order chi connectivity index (χ0) is 14.8. The molecule has 3 rings (SSSR count). The van der Waals surface area contributed by atoms with E-state index in [9.17, 15) is 0 Å². The Bertz CT molecular complexity index is 524. The Kier molecular flexibility index (Phi) is 4.45. The summed E-state index contributed by atoms with van der Waals surface area (Å²) in [5.41, 5.74) is 8.44. The highest BCUT2D eigenvalue weighted by atomic mass is 32.1. The van der Waals surface area contributed by atoms with Crippen LogP contribution in [-0.2, 0) is 6.42 Å². The maximum atomic E-state index is 5.87. The molecule has 3 heterocycles. The van der Waals surface area contributed by atoms with Crippen LogP contribution in [-0.4, -0.2) is 46.0 Å². The van der Waals surface area contributed by atoms with Gasteiger partial charge in [0.1, 0.15) is 5.82 Å². The van der Waals surface area contributed by atoms with Gasteiger partial charge in [-0.05, 0) is 57.4 Å². The Morgan fingerprint density at radius 1 is 1.43 bits per heavy atom. The lowest BCUT2D eigenvalue weighted by molar-refractivity contribution is 0.215. The maximum Gasteiger partial charge on any atom is 0.193 e. The Morgan fingerprint density at radius 2 is 2.29 bits per heavy atom. The molecular formula is C15H25N5S. The van der Waals surface area contributed by atoms with Gasteiger partial charge in [-0.15, -0.1) is 0 Å². The van der Waals surface area contributed by atoms with Crippen molar-refractivity contribution in [1.82, 2.24) is 14.7 Å². The number of nitrogens with two attached hydrogens (primary N) is 1. The van der Waals surface area contributed by atoms with Crippen LogP contribution in [0.15, 0.2) is 0 Å². The second kappa shape index (κ2) is 6.32. The molecular weight excluding hydrogens is 282 g/mol. The largest absolute Gasteiger partial charge is 0.374 e. The number of aromatic nitrogens is 2. The van der Waals surface area contributed by atoms with Crippen molar-refractivity contribution in [3.8, 4) is 0 Å². The molecule has 0 spiro atoms. The summed E-state index contributed by atoms with van der Waals surface area (Å²) in [7, 11) is 0. The quantitative estimate of drug-likeness (QED) is 0.818. The molecule has 3 N–H and O–H groups in total. The van der Waals surface area contributed by atoms with Gasteiger partial charge < -0.3 is 16.0 Å². The molecule has 0 saturated carbocycles. The maximum absolute atomic E-state index is 5.87. The molecule has 1 aromatic heterocycles. The fourth-order valence-corrected chi connectivity index (χ4v) is 3.71. The van der Waals surface area contributed by atoms with Crippen molar-refractivity contribution in [3.05, 3.63) is 11.3 Å². The third-order valence-corrected chi connectivity index (χ3v) is 4.88. The van der Waals surface area contributed by atoms with Gasteiger partial charge >= 0.3 is 0 Å². The van der Waals surface area contributed by atoms with Gasteiger partial charge in [-0.25, -0.2) is 0 Å². The van der Waals surface area contributed by atoms with Crippen molar-refractivity contribution >= 4 is 23.1 Å². The molecule has 1 atom stereocenters. The van der Waals surface area contributed by atoms with Crippen LogP contribution in [0.2, 0.25) is 0 Å². The van der Waals surface area contributed by atoms with E-state index < -0.39 is 0 Å². The summed E-state index contributed by atoms with van der Waals surface area (Å²) < 4.78 is 1.75. The lowest BCUT2D eigenvalue weighted by Crippen LogP contribution is -2.34. The first-order chi connectivity index (χ1) is 10.2. The topological polar surface area (TPSA) is 59.1 Å². The molecule has 1 aromatic rings. The average molecular weight is 307 g/mol. The number of piperidine rings is 1. The molecule has 0 amide bonds. The highest BCUT2D eigenvalue weighted by Crippen LogP contribution is 2.34. The SMILES string of the molecule is CCN1CCCC(c2nn(C(N)=S)c3c2CCCCN3)C1. The summed E-state index contributed by atoms with van der Waals surface area (Å²) in [6, 6.07) is 0. The molecule has 0 radical (unpaired) electrons. The van der Waals surface area contributed by atoms with Crippen LogP contribution < -0.4 is 11.1 Å². The Morgan fingerprint density at radius 3 is 3.05 bits per heavy atom. The Balaban J connectivity index is 1.96. The number of thiocarbonyl (C=S) groups is 1. The highest BCUT2D eigenvalue weighted by molar-refractivity contribution is 7.80. The van der Waals surface area contributed by atoms with E-state index in [0.717, 1.165) is 31.9 Å². The number of likely N-dealkylation sites (tertiary alicyclic amines) is 1. The molecule has 0 aromatic carbocycles. The van der Waals surface area contributed by atoms with Crippen LogP contribution in [0.4, 0.5) is 5.82 Å². The van der Waals surface area contributed by atoms with Crippen molar-refractivity contribution in [1.29, 1.82) is 0 Å². The predicted octanol–water partition coefficient (Wildman–Crippen LogP) is 1.92. The van der Waals surface area contributed by atoms with Gasteiger partial charge in [0.05, 0.1) is 5.69 Å². The van der Waals surface area contributed by atoms with Crippen LogP contribution >= 0.6 is 12.2 Å². The fraction of sp³-hybridized carbons (Fsp3) is 0.733. The first-order valence-electron chi connectivity index (χ1n) is 8.08. The predicted molar refractivity (Wildman–Crippen MR) is 89.9 cm³/mol. The molecule has 1 saturated heterocycles. The van der Waals surface area contributed by atoms with E-state index >= 15 is 0 Å². The van der Waals surface area contributed by atoms with Crippen molar-refractivity contribution in [2.24, 2.45) is 5.73 Å². The summed E-state index contributed by atoms with van der Waals surface area (Å²) in [5.74, 6) is 1.56.